The van der Waals surface area contributed by atoms with Crippen molar-refractivity contribution in [2.45, 2.75) is 38.3 Å². The summed E-state index contributed by atoms with van der Waals surface area (Å²) in [5.41, 5.74) is 1.31. The Morgan fingerprint density at radius 3 is 2.79 bits per heavy atom. The molecule has 0 radical (unpaired) electrons. The van der Waals surface area contributed by atoms with E-state index in [-0.39, 0.29) is 11.4 Å². The molecule has 1 aliphatic heterocycles. The number of hydrogen-bond donors (Lipinski definition) is 1. The van der Waals surface area contributed by atoms with Crippen LogP contribution in [0, 0.1) is 11.7 Å². The molecule has 2 unspecified atom stereocenters. The molecule has 0 amide bonds. The molecule has 104 valence electrons. The van der Waals surface area contributed by atoms with Crippen LogP contribution >= 0.6 is 15.9 Å². The standard InChI is InChI=1S/C15H20BrFN2/c1-10-8-18-15(2,11-3-4-11)9-19(10)12-5-6-14(17)13(16)7-12/h5-7,10-11,18H,3-4,8-9H2,1-2H3. The fourth-order valence-electron chi connectivity index (χ4n) is 3.06. The van der Waals surface area contributed by atoms with Crippen LogP contribution in [0.25, 0.3) is 0 Å². The molecule has 0 aromatic heterocycles. The summed E-state index contributed by atoms with van der Waals surface area (Å²) in [6, 6.07) is 5.76. The highest BCUT2D eigenvalue weighted by molar-refractivity contribution is 9.10. The molecule has 1 saturated carbocycles. The summed E-state index contributed by atoms with van der Waals surface area (Å²) >= 11 is 3.29. The molecule has 1 aliphatic carbocycles. The summed E-state index contributed by atoms with van der Waals surface area (Å²) in [6.45, 7) is 6.53. The molecule has 1 heterocycles. The van der Waals surface area contributed by atoms with Gasteiger partial charge in [-0.05, 0) is 66.7 Å². The maximum atomic E-state index is 13.4. The molecule has 4 heteroatoms. The minimum absolute atomic E-state index is 0.198. The minimum atomic E-state index is -0.198. The van der Waals surface area contributed by atoms with Gasteiger partial charge in [-0.15, -0.1) is 0 Å². The van der Waals surface area contributed by atoms with Gasteiger partial charge in [0, 0.05) is 30.4 Å². The Bertz CT molecular complexity index is 489. The summed E-state index contributed by atoms with van der Waals surface area (Å²) in [7, 11) is 0. The Hall–Kier alpha value is -0.610. The first-order valence-electron chi connectivity index (χ1n) is 6.96. The van der Waals surface area contributed by atoms with E-state index in [2.05, 4.69) is 40.0 Å². The molecule has 19 heavy (non-hydrogen) atoms. The normalized spacial score (nSPS) is 31.6. The predicted octanol–water partition coefficient (Wildman–Crippen LogP) is 3.56. The third-order valence-electron chi connectivity index (χ3n) is 4.55. The van der Waals surface area contributed by atoms with Crippen LogP contribution in [0.4, 0.5) is 10.1 Å². The van der Waals surface area contributed by atoms with Crippen molar-refractivity contribution in [2.75, 3.05) is 18.0 Å². The Kier molecular flexibility index (Phi) is 3.34. The number of halogens is 2. The zero-order chi connectivity index (χ0) is 13.6. The van der Waals surface area contributed by atoms with Crippen LogP contribution in [0.15, 0.2) is 22.7 Å². The van der Waals surface area contributed by atoms with Crippen LogP contribution in [0.2, 0.25) is 0 Å². The third-order valence-corrected chi connectivity index (χ3v) is 5.15. The fraction of sp³-hybridized carbons (Fsp3) is 0.600. The fourth-order valence-corrected chi connectivity index (χ4v) is 3.43. The van der Waals surface area contributed by atoms with Gasteiger partial charge in [0.25, 0.3) is 0 Å². The smallest absolute Gasteiger partial charge is 0.137 e. The van der Waals surface area contributed by atoms with E-state index < -0.39 is 0 Å². The number of nitrogens with one attached hydrogen (secondary N) is 1. The van der Waals surface area contributed by atoms with Crippen molar-refractivity contribution >= 4 is 21.6 Å². The van der Waals surface area contributed by atoms with E-state index in [1.807, 2.05) is 12.1 Å². The van der Waals surface area contributed by atoms with E-state index in [1.165, 1.54) is 12.8 Å². The zero-order valence-corrected chi connectivity index (χ0v) is 13.0. The molecular weight excluding hydrogens is 307 g/mol. The van der Waals surface area contributed by atoms with Crippen molar-refractivity contribution in [3.63, 3.8) is 0 Å². The first-order chi connectivity index (χ1) is 8.99. The van der Waals surface area contributed by atoms with Gasteiger partial charge in [-0.1, -0.05) is 0 Å². The van der Waals surface area contributed by atoms with Gasteiger partial charge in [0.15, 0.2) is 0 Å². The van der Waals surface area contributed by atoms with Crippen LogP contribution in [0.1, 0.15) is 26.7 Å². The number of hydrogen-bond acceptors (Lipinski definition) is 2. The minimum Gasteiger partial charge on any atom is -0.366 e. The van der Waals surface area contributed by atoms with Crippen molar-refractivity contribution < 1.29 is 4.39 Å². The molecular formula is C15H20BrFN2. The Morgan fingerprint density at radius 2 is 2.16 bits per heavy atom. The van der Waals surface area contributed by atoms with Gasteiger partial charge in [-0.2, -0.15) is 0 Å². The maximum absolute atomic E-state index is 13.4. The van der Waals surface area contributed by atoms with Gasteiger partial charge < -0.3 is 10.2 Å². The van der Waals surface area contributed by atoms with E-state index in [4.69, 9.17) is 0 Å². The number of piperazine rings is 1. The topological polar surface area (TPSA) is 15.3 Å². The molecule has 0 spiro atoms. The highest BCUT2D eigenvalue weighted by atomic mass is 79.9. The molecule has 3 rings (SSSR count). The van der Waals surface area contributed by atoms with Gasteiger partial charge in [0.05, 0.1) is 4.47 Å². The van der Waals surface area contributed by atoms with Crippen LogP contribution in [-0.2, 0) is 0 Å². The predicted molar refractivity (Wildman–Crippen MR) is 80.0 cm³/mol. The molecule has 1 N–H and O–H groups in total. The lowest BCUT2D eigenvalue weighted by molar-refractivity contribution is 0.261. The van der Waals surface area contributed by atoms with E-state index >= 15 is 0 Å². The highest BCUT2D eigenvalue weighted by Gasteiger charge is 2.45. The zero-order valence-electron chi connectivity index (χ0n) is 11.4. The molecule has 1 saturated heterocycles. The van der Waals surface area contributed by atoms with Crippen LogP contribution < -0.4 is 10.2 Å². The average molecular weight is 327 g/mol. The summed E-state index contributed by atoms with van der Waals surface area (Å²) in [5, 5.41) is 3.71. The van der Waals surface area contributed by atoms with Crippen LogP contribution in [-0.4, -0.2) is 24.7 Å². The Labute approximate surface area is 122 Å². The summed E-state index contributed by atoms with van der Waals surface area (Å²) in [6.07, 6.45) is 2.66. The van der Waals surface area contributed by atoms with Crippen LogP contribution in [0.5, 0.6) is 0 Å². The summed E-state index contributed by atoms with van der Waals surface area (Å²) < 4.78 is 13.9. The lowest BCUT2D eigenvalue weighted by Gasteiger charge is -2.47. The largest absolute Gasteiger partial charge is 0.366 e. The molecule has 1 aromatic rings. The number of benzene rings is 1. The summed E-state index contributed by atoms with van der Waals surface area (Å²) in [4.78, 5) is 2.40. The van der Waals surface area contributed by atoms with Crippen LogP contribution in [0.3, 0.4) is 0 Å². The molecule has 1 aromatic carbocycles. The lowest BCUT2D eigenvalue weighted by Crippen LogP contribution is -2.63. The number of anilines is 1. The molecule has 2 atom stereocenters. The van der Waals surface area contributed by atoms with Crippen molar-refractivity contribution in [2.24, 2.45) is 5.92 Å². The second-order valence-electron chi connectivity index (χ2n) is 6.15. The average Bonchev–Trinajstić information content (AvgIpc) is 3.21. The van der Waals surface area contributed by atoms with Gasteiger partial charge >= 0.3 is 0 Å². The molecule has 2 nitrogen and oxygen atoms in total. The first-order valence-corrected chi connectivity index (χ1v) is 7.75. The van der Waals surface area contributed by atoms with Crippen molar-refractivity contribution in [3.8, 4) is 0 Å². The quantitative estimate of drug-likeness (QED) is 0.894. The number of nitrogens with zero attached hydrogens (tertiary/aromatic N) is 1. The summed E-state index contributed by atoms with van der Waals surface area (Å²) in [5.74, 6) is 0.600. The van der Waals surface area contributed by atoms with Gasteiger partial charge in [-0.25, -0.2) is 4.39 Å². The van der Waals surface area contributed by atoms with Gasteiger partial charge in [0.1, 0.15) is 5.82 Å². The van der Waals surface area contributed by atoms with Gasteiger partial charge in [0.2, 0.25) is 0 Å². The second kappa shape index (κ2) is 4.74. The molecule has 0 bridgehead atoms. The lowest BCUT2D eigenvalue weighted by atomic mass is 9.91. The maximum Gasteiger partial charge on any atom is 0.137 e. The van der Waals surface area contributed by atoms with Crippen molar-refractivity contribution in [3.05, 3.63) is 28.5 Å². The molecule has 2 fully saturated rings. The van der Waals surface area contributed by atoms with Gasteiger partial charge in [-0.3, -0.25) is 0 Å². The van der Waals surface area contributed by atoms with Crippen molar-refractivity contribution in [1.29, 1.82) is 0 Å². The highest BCUT2D eigenvalue weighted by Crippen LogP contribution is 2.42. The number of rotatable bonds is 2. The van der Waals surface area contributed by atoms with E-state index in [1.54, 1.807) is 6.07 Å². The first kappa shape index (κ1) is 13.4. The Morgan fingerprint density at radius 1 is 1.42 bits per heavy atom. The second-order valence-corrected chi connectivity index (χ2v) is 7.00. The molecule has 2 aliphatic rings. The van der Waals surface area contributed by atoms with Crippen molar-refractivity contribution in [1.82, 2.24) is 5.32 Å². The van der Waals surface area contributed by atoms with E-state index in [9.17, 15) is 4.39 Å². The van der Waals surface area contributed by atoms with E-state index in [0.717, 1.165) is 24.7 Å². The SMILES string of the molecule is CC1CNC(C)(C2CC2)CN1c1ccc(F)c(Br)c1. The monoisotopic (exact) mass is 326 g/mol. The van der Waals surface area contributed by atoms with E-state index in [0.29, 0.717) is 10.5 Å². The Balaban J connectivity index is 1.86. The third kappa shape index (κ3) is 2.52.